The number of nitrogen functional groups attached to an aromatic ring is 1. The molecule has 0 unspecified atom stereocenters. The number of imidazole rings is 1. The second-order valence-electron chi connectivity index (χ2n) is 9.16. The summed E-state index contributed by atoms with van der Waals surface area (Å²) < 4.78 is 9.96. The zero-order chi connectivity index (χ0) is 24.2. The molecule has 2 aliphatic heterocycles. The molecule has 4 N–H and O–H groups in total. The van der Waals surface area contributed by atoms with Crippen molar-refractivity contribution in [2.24, 2.45) is 0 Å². The van der Waals surface area contributed by atoms with Crippen LogP contribution in [0.1, 0.15) is 17.1 Å². The Hall–Kier alpha value is -4.60. The molecule has 36 heavy (non-hydrogen) atoms. The Balaban J connectivity index is 1.22. The molecule has 4 aromatic heterocycles. The lowest BCUT2D eigenvalue weighted by Gasteiger charge is -2.22. The molecular formula is C26H25N9O. The highest BCUT2D eigenvalue weighted by molar-refractivity contribution is 5.95. The molecule has 0 fully saturated rings. The maximum absolute atomic E-state index is 6.36. The highest BCUT2D eigenvalue weighted by atomic mass is 16.5. The number of nitrogens with zero attached hydrogens (tertiary/aromatic N) is 6. The average molecular weight is 480 g/mol. The van der Waals surface area contributed by atoms with Crippen molar-refractivity contribution in [2.75, 3.05) is 29.5 Å². The average Bonchev–Trinajstić information content (AvgIpc) is 3.45. The van der Waals surface area contributed by atoms with Crippen LogP contribution in [0.15, 0.2) is 48.9 Å². The minimum atomic E-state index is 0.451. The molecule has 7 rings (SSSR count). The number of hydrogen-bond acceptors (Lipinski definition) is 8. The fraction of sp³-hybridized carbons (Fsp3) is 0.231. The van der Waals surface area contributed by atoms with E-state index in [1.165, 1.54) is 5.69 Å². The molecule has 10 nitrogen and oxygen atoms in total. The second-order valence-corrected chi connectivity index (χ2v) is 9.16. The molecule has 0 atom stereocenters. The first-order valence-corrected chi connectivity index (χ1v) is 12.0. The van der Waals surface area contributed by atoms with Gasteiger partial charge in [-0.25, -0.2) is 15.0 Å². The number of fused-ring (bicyclic) bond motifs is 4. The van der Waals surface area contributed by atoms with Gasteiger partial charge >= 0.3 is 0 Å². The number of hydrogen-bond donors (Lipinski definition) is 3. The van der Waals surface area contributed by atoms with Gasteiger partial charge in [-0.1, -0.05) is 0 Å². The van der Waals surface area contributed by atoms with Crippen LogP contribution in [0, 0.1) is 6.92 Å². The molecule has 0 spiro atoms. The van der Waals surface area contributed by atoms with E-state index in [1.54, 1.807) is 6.20 Å². The maximum atomic E-state index is 6.36. The molecule has 0 amide bonds. The number of ether oxygens (including phenoxy) is 1. The summed E-state index contributed by atoms with van der Waals surface area (Å²) in [6.45, 7) is 5.08. The smallest absolute Gasteiger partial charge is 0.153 e. The van der Waals surface area contributed by atoms with Gasteiger partial charge in [-0.2, -0.15) is 5.10 Å². The summed E-state index contributed by atoms with van der Waals surface area (Å²) in [5.74, 6) is 3.80. The molecule has 0 saturated carbocycles. The molecule has 180 valence electrons. The van der Waals surface area contributed by atoms with Gasteiger partial charge in [0.05, 0.1) is 17.9 Å². The topological polar surface area (TPSA) is 121 Å². The Morgan fingerprint density at radius 3 is 3.03 bits per heavy atom. The quantitative estimate of drug-likeness (QED) is 0.358. The lowest BCUT2D eigenvalue weighted by Crippen LogP contribution is -2.19. The summed E-state index contributed by atoms with van der Waals surface area (Å²) in [6.07, 6.45) is 6.52. The molecule has 0 bridgehead atoms. The van der Waals surface area contributed by atoms with E-state index >= 15 is 0 Å². The van der Waals surface area contributed by atoms with Crippen LogP contribution >= 0.6 is 0 Å². The predicted octanol–water partition coefficient (Wildman–Crippen LogP) is 3.73. The maximum Gasteiger partial charge on any atom is 0.153 e. The van der Waals surface area contributed by atoms with Gasteiger partial charge in [0.2, 0.25) is 0 Å². The van der Waals surface area contributed by atoms with E-state index in [9.17, 15) is 0 Å². The minimum absolute atomic E-state index is 0.451. The Kier molecular flexibility index (Phi) is 4.60. The van der Waals surface area contributed by atoms with Crippen LogP contribution in [0.25, 0.3) is 22.0 Å². The van der Waals surface area contributed by atoms with Crippen LogP contribution < -0.4 is 21.1 Å². The second kappa shape index (κ2) is 7.98. The van der Waals surface area contributed by atoms with Crippen LogP contribution in [0.4, 0.5) is 23.1 Å². The number of pyridine rings is 2. The summed E-state index contributed by atoms with van der Waals surface area (Å²) in [5.41, 5.74) is 11.5. The third-order valence-electron chi connectivity index (χ3n) is 6.93. The van der Waals surface area contributed by atoms with E-state index in [1.807, 2.05) is 35.3 Å². The molecule has 1 aromatic carbocycles. The van der Waals surface area contributed by atoms with Gasteiger partial charge in [0.15, 0.2) is 5.82 Å². The Morgan fingerprint density at radius 1 is 1.14 bits per heavy atom. The molecular weight excluding hydrogens is 454 g/mol. The van der Waals surface area contributed by atoms with Gasteiger partial charge in [-0.3, -0.25) is 4.68 Å². The lowest BCUT2D eigenvalue weighted by atomic mass is 10.0. The van der Waals surface area contributed by atoms with E-state index in [4.69, 9.17) is 15.6 Å². The molecule has 2 aliphatic rings. The number of anilines is 4. The van der Waals surface area contributed by atoms with Crippen molar-refractivity contribution in [1.29, 1.82) is 0 Å². The fourth-order valence-corrected chi connectivity index (χ4v) is 5.07. The van der Waals surface area contributed by atoms with Gasteiger partial charge in [0.1, 0.15) is 29.8 Å². The molecule has 6 heterocycles. The molecule has 10 heteroatoms. The Bertz CT molecular complexity index is 1630. The van der Waals surface area contributed by atoms with Crippen molar-refractivity contribution < 1.29 is 4.74 Å². The van der Waals surface area contributed by atoms with Gasteiger partial charge in [-0.15, -0.1) is 0 Å². The first-order valence-electron chi connectivity index (χ1n) is 12.0. The highest BCUT2D eigenvalue weighted by Crippen LogP contribution is 2.38. The summed E-state index contributed by atoms with van der Waals surface area (Å²) >= 11 is 0. The molecule has 0 aliphatic carbocycles. The fourth-order valence-electron chi connectivity index (χ4n) is 5.07. The van der Waals surface area contributed by atoms with Crippen molar-refractivity contribution in [3.63, 3.8) is 0 Å². The predicted molar refractivity (Wildman–Crippen MR) is 139 cm³/mol. The summed E-state index contributed by atoms with van der Waals surface area (Å²) in [7, 11) is 0. The number of nitrogens with one attached hydrogen (secondary N) is 2. The summed E-state index contributed by atoms with van der Waals surface area (Å²) in [5, 5.41) is 13.3. The standard InChI is InChI=1S/C26H25N9O/c1-15-18(2-3-21-25(15)29-6-9-36-21)20-10-16-11-22(30-13-19(16)26(27)31-20)32-23-12-17-4-7-34-8-5-28-24(34)14-35(17)33-23/h2-3,5,8,10-13,29H,4,6-7,9,14H2,1H3,(H2,27,31)(H,30,32,33). The van der Waals surface area contributed by atoms with Crippen LogP contribution in [0.2, 0.25) is 0 Å². The lowest BCUT2D eigenvalue weighted by molar-refractivity contribution is 0.323. The minimum Gasteiger partial charge on any atom is -0.490 e. The van der Waals surface area contributed by atoms with Crippen molar-refractivity contribution in [3.05, 3.63) is 66.0 Å². The number of aromatic nitrogens is 6. The van der Waals surface area contributed by atoms with Gasteiger partial charge in [0.25, 0.3) is 0 Å². The van der Waals surface area contributed by atoms with Crippen LogP contribution in [-0.2, 0) is 19.5 Å². The zero-order valence-corrected chi connectivity index (χ0v) is 19.8. The number of benzene rings is 1. The van der Waals surface area contributed by atoms with E-state index in [0.717, 1.165) is 70.2 Å². The SMILES string of the molecule is Cc1c(-c2cc3cc(Nc4cc5n(n4)Cc4nccn4CC5)ncc3c(N)n2)ccc2c1NCCO2. The van der Waals surface area contributed by atoms with Gasteiger partial charge < -0.3 is 25.7 Å². The number of nitrogens with two attached hydrogens (primary N) is 1. The highest BCUT2D eigenvalue weighted by Gasteiger charge is 2.18. The van der Waals surface area contributed by atoms with E-state index in [-0.39, 0.29) is 0 Å². The van der Waals surface area contributed by atoms with Crippen molar-refractivity contribution in [3.8, 4) is 17.0 Å². The third-order valence-corrected chi connectivity index (χ3v) is 6.93. The normalized spacial score (nSPS) is 14.2. The summed E-state index contributed by atoms with van der Waals surface area (Å²) in [6, 6.07) is 10.2. The summed E-state index contributed by atoms with van der Waals surface area (Å²) in [4.78, 5) is 13.7. The first kappa shape index (κ1) is 20.7. The van der Waals surface area contributed by atoms with Crippen LogP contribution in [-0.4, -0.2) is 42.5 Å². The van der Waals surface area contributed by atoms with Crippen molar-refractivity contribution in [1.82, 2.24) is 29.3 Å². The van der Waals surface area contributed by atoms with E-state index < -0.39 is 0 Å². The largest absolute Gasteiger partial charge is 0.490 e. The van der Waals surface area contributed by atoms with E-state index in [0.29, 0.717) is 24.8 Å². The van der Waals surface area contributed by atoms with Crippen molar-refractivity contribution in [2.45, 2.75) is 26.4 Å². The number of rotatable bonds is 3. The van der Waals surface area contributed by atoms with Crippen LogP contribution in [0.3, 0.4) is 0 Å². The molecule has 0 radical (unpaired) electrons. The van der Waals surface area contributed by atoms with Crippen LogP contribution in [0.5, 0.6) is 5.75 Å². The third kappa shape index (κ3) is 3.41. The van der Waals surface area contributed by atoms with E-state index in [2.05, 4.69) is 49.2 Å². The van der Waals surface area contributed by atoms with Gasteiger partial charge in [-0.05, 0) is 42.1 Å². The monoisotopic (exact) mass is 479 g/mol. The number of aryl methyl sites for hydroxylation is 2. The zero-order valence-electron chi connectivity index (χ0n) is 19.8. The first-order chi connectivity index (χ1) is 17.6. The molecule has 5 aromatic rings. The molecule has 0 saturated heterocycles. The Morgan fingerprint density at radius 2 is 2.08 bits per heavy atom. The Labute approximate surface area is 207 Å². The van der Waals surface area contributed by atoms with Gasteiger partial charge in [0, 0.05) is 60.8 Å². The van der Waals surface area contributed by atoms with Crippen molar-refractivity contribution >= 4 is 33.9 Å².